The van der Waals surface area contributed by atoms with Gasteiger partial charge in [-0.15, -0.1) is 0 Å². The minimum atomic E-state index is -5.37. The molecule has 2 aromatic rings. The molecule has 2 saturated heterocycles. The quantitative estimate of drug-likeness (QED) is 0.278. The molecule has 0 spiro atoms. The molecule has 12 heteroatoms. The first kappa shape index (κ1) is 30.5. The van der Waals surface area contributed by atoms with Crippen molar-refractivity contribution < 1.29 is 32.6 Å². The molecule has 2 aliphatic heterocycles. The van der Waals surface area contributed by atoms with Gasteiger partial charge in [0.1, 0.15) is 23.0 Å². The first-order chi connectivity index (χ1) is 18.8. The molecule has 4 rings (SSSR count). The zero-order valence-corrected chi connectivity index (χ0v) is 23.3. The maximum Gasteiger partial charge on any atom is 0.430 e. The number of hydrogen-bond acceptors (Lipinski definition) is 6. The number of nitrogens with zero attached hydrogens (tertiary/aromatic N) is 4. The van der Waals surface area contributed by atoms with Gasteiger partial charge in [0.15, 0.2) is 0 Å². The van der Waals surface area contributed by atoms with E-state index in [0.29, 0.717) is 24.3 Å². The third kappa shape index (κ3) is 6.22. The second-order valence-corrected chi connectivity index (χ2v) is 11.3. The SMILES string of the molecule is CN(C)C(O)c1ccc(N2CCC(CC3CCN(C(=O)C(O)(c4ccccc4F)C(F)(F)F)CC3)CC2)nc1Cl. The molecule has 7 nitrogen and oxygen atoms in total. The Balaban J connectivity index is 1.30. The van der Waals surface area contributed by atoms with E-state index in [9.17, 15) is 32.6 Å². The van der Waals surface area contributed by atoms with Crippen LogP contribution in [0.2, 0.25) is 5.15 Å². The molecule has 2 unspecified atom stereocenters. The molecule has 2 aliphatic rings. The summed E-state index contributed by atoms with van der Waals surface area (Å²) in [5, 5.41) is 21.1. The highest BCUT2D eigenvalue weighted by atomic mass is 35.5. The zero-order chi connectivity index (χ0) is 29.2. The van der Waals surface area contributed by atoms with Gasteiger partial charge in [-0.3, -0.25) is 9.69 Å². The number of aliphatic hydroxyl groups excluding tert-OH is 1. The number of rotatable bonds is 7. The number of likely N-dealkylation sites (tertiary alicyclic amines) is 1. The lowest BCUT2D eigenvalue weighted by Crippen LogP contribution is -2.57. The van der Waals surface area contributed by atoms with Gasteiger partial charge in [-0.1, -0.05) is 29.8 Å². The van der Waals surface area contributed by atoms with Gasteiger partial charge in [-0.2, -0.15) is 13.2 Å². The summed E-state index contributed by atoms with van der Waals surface area (Å²) in [6.07, 6.45) is -2.45. The van der Waals surface area contributed by atoms with Crippen molar-refractivity contribution in [2.24, 2.45) is 11.8 Å². The highest BCUT2D eigenvalue weighted by Crippen LogP contribution is 2.42. The van der Waals surface area contributed by atoms with Crippen LogP contribution in [0.15, 0.2) is 36.4 Å². The van der Waals surface area contributed by atoms with E-state index in [1.54, 1.807) is 25.1 Å². The fourth-order valence-corrected chi connectivity index (χ4v) is 5.94. The summed E-state index contributed by atoms with van der Waals surface area (Å²) in [4.78, 5) is 22.2. The van der Waals surface area contributed by atoms with Crippen molar-refractivity contribution in [3.63, 3.8) is 0 Å². The lowest BCUT2D eigenvalue weighted by atomic mass is 9.82. The number of carbonyl (C=O) groups excluding carboxylic acids is 1. The van der Waals surface area contributed by atoms with Crippen LogP contribution in [0.1, 0.15) is 49.5 Å². The maximum atomic E-state index is 14.2. The number of hydrogen-bond donors (Lipinski definition) is 2. The van der Waals surface area contributed by atoms with Gasteiger partial charge in [0.25, 0.3) is 11.5 Å². The standard InChI is InChI=1S/C28H35ClF4N4O3/c1-35(2)25(38)20-7-8-23(34-24(20)29)36-13-9-18(10-14-36)17-19-11-15-37(16-12-19)26(39)27(40,28(31,32)33)21-5-3-4-6-22(21)30/h3-8,18-19,25,38,40H,9-17H2,1-2H3. The average Bonchev–Trinajstić information content (AvgIpc) is 2.92. The van der Waals surface area contributed by atoms with E-state index in [1.165, 1.54) is 6.07 Å². The molecule has 2 fully saturated rings. The molecule has 0 radical (unpaired) electrons. The highest BCUT2D eigenvalue weighted by Gasteiger charge is 2.63. The van der Waals surface area contributed by atoms with Gasteiger partial charge < -0.3 is 20.0 Å². The number of amides is 1. The summed E-state index contributed by atoms with van der Waals surface area (Å²) >= 11 is 6.33. The Labute approximate surface area is 236 Å². The third-order valence-electron chi connectivity index (χ3n) is 8.12. The second-order valence-electron chi connectivity index (χ2n) is 11.0. The molecule has 0 bridgehead atoms. The van der Waals surface area contributed by atoms with Gasteiger partial charge in [0.2, 0.25) is 0 Å². The first-order valence-corrected chi connectivity index (χ1v) is 13.8. The van der Waals surface area contributed by atoms with E-state index >= 15 is 0 Å². The minimum absolute atomic E-state index is 0.0722. The van der Waals surface area contributed by atoms with Crippen LogP contribution in [0.25, 0.3) is 0 Å². The molecular weight excluding hydrogens is 552 g/mol. The predicted molar refractivity (Wildman–Crippen MR) is 143 cm³/mol. The lowest BCUT2D eigenvalue weighted by molar-refractivity contribution is -0.263. The lowest BCUT2D eigenvalue weighted by Gasteiger charge is -2.40. The van der Waals surface area contributed by atoms with Crippen molar-refractivity contribution in [3.05, 3.63) is 58.5 Å². The fraction of sp³-hybridized carbons (Fsp3) is 0.571. The number of halogens is 5. The van der Waals surface area contributed by atoms with E-state index in [-0.39, 0.29) is 24.2 Å². The van der Waals surface area contributed by atoms with E-state index < -0.39 is 35.3 Å². The number of aliphatic hydroxyl groups is 2. The molecule has 0 saturated carbocycles. The maximum absolute atomic E-state index is 14.2. The van der Waals surface area contributed by atoms with Crippen molar-refractivity contribution >= 4 is 23.3 Å². The van der Waals surface area contributed by atoms with Gasteiger partial charge in [-0.05, 0) is 76.2 Å². The van der Waals surface area contributed by atoms with Crippen molar-refractivity contribution in [1.82, 2.24) is 14.8 Å². The Morgan fingerprint density at radius 2 is 1.62 bits per heavy atom. The average molecular weight is 587 g/mol. The number of alkyl halides is 3. The minimum Gasteiger partial charge on any atom is -0.374 e. The van der Waals surface area contributed by atoms with Crippen LogP contribution in [0.5, 0.6) is 0 Å². The zero-order valence-electron chi connectivity index (χ0n) is 22.5. The van der Waals surface area contributed by atoms with E-state index in [0.717, 1.165) is 61.3 Å². The van der Waals surface area contributed by atoms with Crippen LogP contribution in [-0.4, -0.2) is 77.4 Å². The smallest absolute Gasteiger partial charge is 0.374 e. The number of carbonyl (C=O) groups is 1. The van der Waals surface area contributed by atoms with Crippen LogP contribution in [0.4, 0.5) is 23.4 Å². The van der Waals surface area contributed by atoms with Gasteiger partial charge in [0, 0.05) is 37.3 Å². The number of benzene rings is 1. The molecule has 0 aliphatic carbocycles. The molecule has 40 heavy (non-hydrogen) atoms. The fourth-order valence-electron chi connectivity index (χ4n) is 5.70. The summed E-state index contributed by atoms with van der Waals surface area (Å²) in [5.74, 6) is -1.40. The number of anilines is 1. The van der Waals surface area contributed by atoms with Crippen LogP contribution < -0.4 is 4.90 Å². The molecule has 2 N–H and O–H groups in total. The number of piperidine rings is 2. The highest BCUT2D eigenvalue weighted by molar-refractivity contribution is 6.30. The first-order valence-electron chi connectivity index (χ1n) is 13.4. The Kier molecular flexibility index (Phi) is 9.28. The van der Waals surface area contributed by atoms with E-state index in [4.69, 9.17) is 11.6 Å². The van der Waals surface area contributed by atoms with E-state index in [2.05, 4.69) is 9.88 Å². The van der Waals surface area contributed by atoms with Crippen molar-refractivity contribution in [2.75, 3.05) is 45.2 Å². The van der Waals surface area contributed by atoms with Crippen LogP contribution >= 0.6 is 11.6 Å². The third-order valence-corrected chi connectivity index (χ3v) is 8.42. The topological polar surface area (TPSA) is 80.1 Å². The molecule has 2 atom stereocenters. The summed E-state index contributed by atoms with van der Waals surface area (Å²) in [6.45, 7) is 1.70. The van der Waals surface area contributed by atoms with Gasteiger partial charge in [0.05, 0.1) is 0 Å². The number of pyridine rings is 1. The second kappa shape index (κ2) is 12.2. The van der Waals surface area contributed by atoms with Crippen molar-refractivity contribution in [3.8, 4) is 0 Å². The molecule has 3 heterocycles. The Bertz CT molecular complexity index is 1180. The molecule has 220 valence electrons. The van der Waals surface area contributed by atoms with Crippen molar-refractivity contribution in [2.45, 2.75) is 50.1 Å². The number of aromatic nitrogens is 1. The van der Waals surface area contributed by atoms with Crippen LogP contribution in [0.3, 0.4) is 0 Å². The summed E-state index contributed by atoms with van der Waals surface area (Å²) < 4.78 is 56.0. The summed E-state index contributed by atoms with van der Waals surface area (Å²) in [6, 6.07) is 7.59. The van der Waals surface area contributed by atoms with Gasteiger partial charge in [-0.25, -0.2) is 9.37 Å². The molecule has 1 amide bonds. The summed E-state index contributed by atoms with van der Waals surface area (Å²) in [7, 11) is 3.49. The molecular formula is C28H35ClF4N4O3. The molecule has 1 aromatic carbocycles. The molecule has 1 aromatic heterocycles. The van der Waals surface area contributed by atoms with Crippen molar-refractivity contribution in [1.29, 1.82) is 0 Å². The Hall–Kier alpha value is -2.47. The normalized spacial score (nSPS) is 20.1. The Morgan fingerprint density at radius 3 is 2.15 bits per heavy atom. The van der Waals surface area contributed by atoms with Crippen LogP contribution in [-0.2, 0) is 10.4 Å². The largest absolute Gasteiger partial charge is 0.430 e. The van der Waals surface area contributed by atoms with E-state index in [1.807, 2.05) is 6.07 Å². The summed E-state index contributed by atoms with van der Waals surface area (Å²) in [5.41, 5.74) is -4.48. The Morgan fingerprint density at radius 1 is 1.05 bits per heavy atom. The van der Waals surface area contributed by atoms with Gasteiger partial charge >= 0.3 is 6.18 Å². The monoisotopic (exact) mass is 586 g/mol. The van der Waals surface area contributed by atoms with Crippen LogP contribution in [0, 0.1) is 17.7 Å². The predicted octanol–water partition coefficient (Wildman–Crippen LogP) is 4.72.